The molecule has 2 unspecified atom stereocenters. The molecule has 0 radical (unpaired) electrons. The minimum atomic E-state index is 0.863. The second kappa shape index (κ2) is 12.2. The molecule has 0 aromatic carbocycles. The number of hydrogen-bond donors (Lipinski definition) is 1. The van der Waals surface area contributed by atoms with Gasteiger partial charge in [0.15, 0.2) is 0 Å². The van der Waals surface area contributed by atoms with Crippen molar-refractivity contribution in [1.29, 1.82) is 0 Å². The first kappa shape index (κ1) is 16.7. The predicted octanol–water partition coefficient (Wildman–Crippen LogP) is 5.42. The highest BCUT2D eigenvalue weighted by Crippen LogP contribution is 2.25. The van der Waals surface area contributed by atoms with Gasteiger partial charge in [-0.15, -0.1) is 0 Å². The maximum Gasteiger partial charge on any atom is 0.00549 e. The normalized spacial score (nSPS) is 15.0. The molecule has 0 amide bonds. The van der Waals surface area contributed by atoms with E-state index < -0.39 is 0 Å². The molecule has 2 atom stereocenters. The van der Waals surface area contributed by atoms with E-state index in [0.29, 0.717) is 0 Å². The standard InChI is InChI=1S/C14H30S2/c1-4-6-8-13(3)12-16-14(10-11-15)9-7-5-2/h13-15H,4-12H2,1-3H3. The van der Waals surface area contributed by atoms with Crippen LogP contribution in [-0.2, 0) is 0 Å². The van der Waals surface area contributed by atoms with Crippen molar-refractivity contribution in [3.8, 4) is 0 Å². The lowest BCUT2D eigenvalue weighted by Gasteiger charge is -2.18. The molecule has 0 aliphatic rings. The third-order valence-corrected chi connectivity index (χ3v) is 4.96. The van der Waals surface area contributed by atoms with Crippen LogP contribution >= 0.6 is 24.4 Å². The molecular weight excluding hydrogens is 232 g/mol. The summed E-state index contributed by atoms with van der Waals surface area (Å²) in [5, 5.41) is 0.863. The summed E-state index contributed by atoms with van der Waals surface area (Å²) < 4.78 is 0. The predicted molar refractivity (Wildman–Crippen MR) is 82.9 cm³/mol. The van der Waals surface area contributed by atoms with Gasteiger partial charge in [-0.05, 0) is 36.7 Å². The zero-order valence-corrected chi connectivity index (χ0v) is 13.1. The Morgan fingerprint density at radius 2 is 1.62 bits per heavy atom. The molecule has 0 aromatic heterocycles. The van der Waals surface area contributed by atoms with Crippen LogP contribution in [0.1, 0.15) is 65.7 Å². The van der Waals surface area contributed by atoms with Crippen LogP contribution in [0.2, 0.25) is 0 Å². The van der Waals surface area contributed by atoms with E-state index in [0.717, 1.165) is 16.9 Å². The maximum absolute atomic E-state index is 4.37. The van der Waals surface area contributed by atoms with Crippen LogP contribution in [0.3, 0.4) is 0 Å². The van der Waals surface area contributed by atoms with Gasteiger partial charge in [0, 0.05) is 5.25 Å². The first-order chi connectivity index (χ1) is 7.74. The third-order valence-electron chi connectivity index (χ3n) is 3.00. The molecule has 0 aliphatic heterocycles. The zero-order chi connectivity index (χ0) is 12.2. The minimum absolute atomic E-state index is 0.863. The van der Waals surface area contributed by atoms with E-state index in [-0.39, 0.29) is 0 Å². The topological polar surface area (TPSA) is 0 Å². The number of unbranched alkanes of at least 4 members (excludes halogenated alkanes) is 2. The summed E-state index contributed by atoms with van der Waals surface area (Å²) in [7, 11) is 0. The summed E-state index contributed by atoms with van der Waals surface area (Å²) >= 11 is 6.57. The van der Waals surface area contributed by atoms with Crippen LogP contribution in [0.4, 0.5) is 0 Å². The van der Waals surface area contributed by atoms with Crippen LogP contribution < -0.4 is 0 Å². The van der Waals surface area contributed by atoms with E-state index in [1.54, 1.807) is 0 Å². The van der Waals surface area contributed by atoms with Gasteiger partial charge >= 0.3 is 0 Å². The lowest BCUT2D eigenvalue weighted by atomic mass is 10.1. The lowest BCUT2D eigenvalue weighted by molar-refractivity contribution is 0.555. The van der Waals surface area contributed by atoms with Crippen LogP contribution in [0.25, 0.3) is 0 Å². The quantitative estimate of drug-likeness (QED) is 0.485. The first-order valence-corrected chi connectivity index (χ1v) is 8.65. The second-order valence-corrected chi connectivity index (χ2v) is 6.64. The van der Waals surface area contributed by atoms with Gasteiger partial charge in [-0.2, -0.15) is 24.4 Å². The van der Waals surface area contributed by atoms with Gasteiger partial charge in [0.2, 0.25) is 0 Å². The Hall–Kier alpha value is 0.700. The molecule has 0 rings (SSSR count). The van der Waals surface area contributed by atoms with Crippen LogP contribution in [-0.4, -0.2) is 16.8 Å². The van der Waals surface area contributed by atoms with Crippen molar-refractivity contribution in [2.75, 3.05) is 11.5 Å². The molecule has 0 aliphatic carbocycles. The Morgan fingerprint density at radius 1 is 1.00 bits per heavy atom. The van der Waals surface area contributed by atoms with Crippen molar-refractivity contribution in [3.05, 3.63) is 0 Å². The van der Waals surface area contributed by atoms with E-state index in [2.05, 4.69) is 45.2 Å². The van der Waals surface area contributed by atoms with Crippen LogP contribution in [0.5, 0.6) is 0 Å². The molecule has 0 bridgehead atoms. The summed E-state index contributed by atoms with van der Waals surface area (Å²) in [5.74, 6) is 3.29. The molecule has 0 spiro atoms. The van der Waals surface area contributed by atoms with E-state index in [1.165, 1.54) is 50.7 Å². The summed E-state index contributed by atoms with van der Waals surface area (Å²) in [4.78, 5) is 0. The molecule has 98 valence electrons. The van der Waals surface area contributed by atoms with Gasteiger partial charge in [-0.3, -0.25) is 0 Å². The van der Waals surface area contributed by atoms with Crippen LogP contribution in [0, 0.1) is 5.92 Å². The Labute approximate surface area is 113 Å². The van der Waals surface area contributed by atoms with Crippen molar-refractivity contribution in [2.24, 2.45) is 5.92 Å². The van der Waals surface area contributed by atoms with E-state index in [1.807, 2.05) is 0 Å². The molecule has 0 saturated heterocycles. The monoisotopic (exact) mass is 262 g/mol. The number of thioether (sulfide) groups is 1. The summed E-state index contributed by atoms with van der Waals surface area (Å²) in [6.45, 7) is 6.97. The Kier molecular flexibility index (Phi) is 12.7. The average Bonchev–Trinajstić information content (AvgIpc) is 2.30. The van der Waals surface area contributed by atoms with E-state index in [4.69, 9.17) is 0 Å². The van der Waals surface area contributed by atoms with Gasteiger partial charge in [0.05, 0.1) is 0 Å². The van der Waals surface area contributed by atoms with E-state index >= 15 is 0 Å². The van der Waals surface area contributed by atoms with Crippen molar-refractivity contribution < 1.29 is 0 Å². The molecular formula is C14H30S2. The van der Waals surface area contributed by atoms with Crippen molar-refractivity contribution in [3.63, 3.8) is 0 Å². The molecule has 0 saturated carbocycles. The molecule has 2 heteroatoms. The second-order valence-electron chi connectivity index (χ2n) is 4.86. The summed E-state index contributed by atoms with van der Waals surface area (Å²) in [5.41, 5.74) is 0. The fourth-order valence-corrected chi connectivity index (χ4v) is 3.69. The fourth-order valence-electron chi connectivity index (χ4n) is 1.82. The van der Waals surface area contributed by atoms with Gasteiger partial charge in [0.25, 0.3) is 0 Å². The van der Waals surface area contributed by atoms with Gasteiger partial charge < -0.3 is 0 Å². The SMILES string of the molecule is CCCCC(C)CSC(CCS)CCCC. The van der Waals surface area contributed by atoms with E-state index in [9.17, 15) is 0 Å². The Balaban J connectivity index is 3.63. The number of thiol groups is 1. The molecule has 0 heterocycles. The molecule has 0 aromatic rings. The first-order valence-electron chi connectivity index (χ1n) is 6.97. The Morgan fingerprint density at radius 3 is 2.19 bits per heavy atom. The van der Waals surface area contributed by atoms with Gasteiger partial charge in [-0.1, -0.05) is 46.5 Å². The molecule has 16 heavy (non-hydrogen) atoms. The average molecular weight is 263 g/mol. The minimum Gasteiger partial charge on any atom is -0.179 e. The van der Waals surface area contributed by atoms with Gasteiger partial charge in [0.1, 0.15) is 0 Å². The highest BCUT2D eigenvalue weighted by atomic mass is 32.2. The lowest BCUT2D eigenvalue weighted by Crippen LogP contribution is -2.08. The summed E-state index contributed by atoms with van der Waals surface area (Å²) in [6, 6.07) is 0. The highest BCUT2D eigenvalue weighted by Gasteiger charge is 2.10. The summed E-state index contributed by atoms with van der Waals surface area (Å²) in [6.07, 6.45) is 9.53. The Bertz CT molecular complexity index is 137. The third kappa shape index (κ3) is 9.89. The van der Waals surface area contributed by atoms with Crippen molar-refractivity contribution >= 4 is 24.4 Å². The van der Waals surface area contributed by atoms with Crippen LogP contribution in [0.15, 0.2) is 0 Å². The smallest absolute Gasteiger partial charge is 0.00549 e. The molecule has 0 fully saturated rings. The largest absolute Gasteiger partial charge is 0.179 e. The number of rotatable bonds is 11. The number of hydrogen-bond acceptors (Lipinski definition) is 2. The van der Waals surface area contributed by atoms with Gasteiger partial charge in [-0.25, -0.2) is 0 Å². The maximum atomic E-state index is 4.37. The molecule has 0 nitrogen and oxygen atoms in total. The van der Waals surface area contributed by atoms with Crippen molar-refractivity contribution in [1.82, 2.24) is 0 Å². The molecule has 0 N–H and O–H groups in total. The zero-order valence-electron chi connectivity index (χ0n) is 11.4. The van der Waals surface area contributed by atoms with Crippen molar-refractivity contribution in [2.45, 2.75) is 71.0 Å². The fraction of sp³-hybridized carbons (Fsp3) is 1.00. The highest BCUT2D eigenvalue weighted by molar-refractivity contribution is 7.99.